The van der Waals surface area contributed by atoms with Gasteiger partial charge in [0, 0.05) is 43.3 Å². The minimum absolute atomic E-state index is 0.0984. The molecule has 0 saturated carbocycles. The van der Waals surface area contributed by atoms with Crippen LogP contribution in [0.3, 0.4) is 0 Å². The summed E-state index contributed by atoms with van der Waals surface area (Å²) in [6, 6.07) is 5.06. The molecule has 4 rings (SSSR count). The van der Waals surface area contributed by atoms with Gasteiger partial charge in [-0.3, -0.25) is 5.10 Å². The van der Waals surface area contributed by atoms with Crippen LogP contribution < -0.4 is 0 Å². The van der Waals surface area contributed by atoms with Crippen molar-refractivity contribution < 1.29 is 8.42 Å². The number of aromatic amines is 1. The maximum absolute atomic E-state index is 13.0. The number of nitrogens with zero attached hydrogens (tertiary/aromatic N) is 4. The van der Waals surface area contributed by atoms with Crippen LogP contribution in [0, 0.1) is 0 Å². The topological polar surface area (TPSA) is 83.9 Å². The molecule has 3 heterocycles. The Labute approximate surface area is 150 Å². The quantitative estimate of drug-likeness (QED) is 0.757. The summed E-state index contributed by atoms with van der Waals surface area (Å²) in [7, 11) is -3.63. The Morgan fingerprint density at radius 1 is 1.28 bits per heavy atom. The van der Waals surface area contributed by atoms with Gasteiger partial charge in [-0.2, -0.15) is 9.40 Å². The minimum atomic E-state index is -3.63. The van der Waals surface area contributed by atoms with Crippen molar-refractivity contribution >= 4 is 21.6 Å². The number of rotatable bonds is 4. The normalized spacial score (nSPS) is 18.7. The molecule has 7 nitrogen and oxygen atoms in total. The SMILES string of the molecule is O=S(=O)(c1ccc(-c2cn[nH]c2)cc1Cl)N1CCC(n2ccnc2)C1. The molecule has 1 aliphatic heterocycles. The van der Waals surface area contributed by atoms with Crippen molar-refractivity contribution in [3.05, 3.63) is 54.3 Å². The summed E-state index contributed by atoms with van der Waals surface area (Å²) in [4.78, 5) is 4.16. The number of H-pyrrole nitrogens is 1. The van der Waals surface area contributed by atoms with Gasteiger partial charge in [-0.25, -0.2) is 13.4 Å². The van der Waals surface area contributed by atoms with Crippen LogP contribution in [0.15, 0.2) is 54.2 Å². The van der Waals surface area contributed by atoms with Crippen molar-refractivity contribution in [2.75, 3.05) is 13.1 Å². The lowest BCUT2D eigenvalue weighted by Gasteiger charge is -2.18. The zero-order valence-electron chi connectivity index (χ0n) is 13.2. The van der Waals surface area contributed by atoms with Crippen LogP contribution in [0.1, 0.15) is 12.5 Å². The van der Waals surface area contributed by atoms with Gasteiger partial charge in [0.05, 0.1) is 17.5 Å². The third-order valence-electron chi connectivity index (χ3n) is 4.45. The number of nitrogens with one attached hydrogen (secondary N) is 1. The molecule has 1 saturated heterocycles. The van der Waals surface area contributed by atoms with Crippen LogP contribution in [0.4, 0.5) is 0 Å². The van der Waals surface area contributed by atoms with Gasteiger partial charge >= 0.3 is 0 Å². The molecule has 1 aliphatic rings. The van der Waals surface area contributed by atoms with Crippen LogP contribution in [0.2, 0.25) is 5.02 Å². The third-order valence-corrected chi connectivity index (χ3v) is 6.80. The van der Waals surface area contributed by atoms with Crippen LogP contribution >= 0.6 is 11.6 Å². The zero-order valence-corrected chi connectivity index (χ0v) is 14.8. The summed E-state index contributed by atoms with van der Waals surface area (Å²) in [6.07, 6.45) is 9.41. The van der Waals surface area contributed by atoms with E-state index in [0.717, 1.165) is 17.5 Å². The number of benzene rings is 1. The van der Waals surface area contributed by atoms with Gasteiger partial charge in [-0.1, -0.05) is 17.7 Å². The van der Waals surface area contributed by atoms with E-state index in [1.807, 2.05) is 10.8 Å². The maximum Gasteiger partial charge on any atom is 0.244 e. The second kappa shape index (κ2) is 6.29. The van der Waals surface area contributed by atoms with E-state index < -0.39 is 10.0 Å². The molecule has 9 heteroatoms. The largest absolute Gasteiger partial charge is 0.333 e. The van der Waals surface area contributed by atoms with Gasteiger partial charge in [0.1, 0.15) is 4.90 Å². The summed E-state index contributed by atoms with van der Waals surface area (Å²) in [5, 5.41) is 6.83. The summed E-state index contributed by atoms with van der Waals surface area (Å²) in [6.45, 7) is 0.878. The highest BCUT2D eigenvalue weighted by atomic mass is 35.5. The van der Waals surface area contributed by atoms with E-state index in [1.165, 1.54) is 4.31 Å². The summed E-state index contributed by atoms with van der Waals surface area (Å²) >= 11 is 6.29. The van der Waals surface area contributed by atoms with Gasteiger partial charge in [-0.15, -0.1) is 0 Å². The molecule has 2 aromatic heterocycles. The second-order valence-electron chi connectivity index (χ2n) is 5.95. The van der Waals surface area contributed by atoms with Crippen LogP contribution in [-0.2, 0) is 10.0 Å². The molecule has 1 N–H and O–H groups in total. The van der Waals surface area contributed by atoms with Crippen molar-refractivity contribution in [1.82, 2.24) is 24.1 Å². The van der Waals surface area contributed by atoms with Crippen molar-refractivity contribution in [2.45, 2.75) is 17.4 Å². The average Bonchev–Trinajstić information content (AvgIpc) is 3.35. The summed E-state index contributed by atoms with van der Waals surface area (Å²) in [5.74, 6) is 0. The lowest BCUT2D eigenvalue weighted by Crippen LogP contribution is -2.29. The number of hydrogen-bond donors (Lipinski definition) is 1. The first-order valence-electron chi connectivity index (χ1n) is 7.82. The van der Waals surface area contributed by atoms with E-state index in [1.54, 1.807) is 43.1 Å². The Balaban J connectivity index is 1.60. The zero-order chi connectivity index (χ0) is 17.4. The minimum Gasteiger partial charge on any atom is -0.333 e. The third kappa shape index (κ3) is 2.97. The Kier molecular flexibility index (Phi) is 4.10. The van der Waals surface area contributed by atoms with E-state index in [-0.39, 0.29) is 16.0 Å². The molecule has 1 unspecified atom stereocenters. The van der Waals surface area contributed by atoms with E-state index in [2.05, 4.69) is 15.2 Å². The Hall–Kier alpha value is -2.16. The Morgan fingerprint density at radius 2 is 2.16 bits per heavy atom. The molecule has 130 valence electrons. The highest BCUT2D eigenvalue weighted by Gasteiger charge is 2.34. The molecule has 0 bridgehead atoms. The number of aromatic nitrogens is 4. The number of halogens is 1. The number of hydrogen-bond acceptors (Lipinski definition) is 4. The predicted octanol–water partition coefficient (Wildman–Crippen LogP) is 2.56. The molecule has 1 fully saturated rings. The number of imidazole rings is 1. The standard InChI is InChI=1S/C16H16ClN5O2S/c17-15-7-12(13-8-19-20-9-13)1-2-16(15)25(23,24)22-5-3-14(10-22)21-6-4-18-11-21/h1-2,4,6-9,11,14H,3,5,10H2,(H,19,20). The van der Waals surface area contributed by atoms with Gasteiger partial charge in [0.2, 0.25) is 10.0 Å². The summed E-state index contributed by atoms with van der Waals surface area (Å²) < 4.78 is 29.4. The number of sulfonamides is 1. The molecular formula is C16H16ClN5O2S. The van der Waals surface area contributed by atoms with Gasteiger partial charge in [0.15, 0.2) is 0 Å². The fraction of sp³-hybridized carbons (Fsp3) is 0.250. The Morgan fingerprint density at radius 3 is 2.84 bits per heavy atom. The van der Waals surface area contributed by atoms with Gasteiger partial charge in [-0.05, 0) is 24.1 Å². The second-order valence-corrected chi connectivity index (χ2v) is 8.26. The molecule has 1 atom stereocenters. The molecular weight excluding hydrogens is 362 g/mol. The van der Waals surface area contributed by atoms with Crippen molar-refractivity contribution in [1.29, 1.82) is 0 Å². The first-order chi connectivity index (χ1) is 12.1. The predicted molar refractivity (Wildman–Crippen MR) is 93.7 cm³/mol. The fourth-order valence-corrected chi connectivity index (χ4v) is 5.11. The van der Waals surface area contributed by atoms with Crippen LogP contribution in [0.25, 0.3) is 11.1 Å². The van der Waals surface area contributed by atoms with E-state index in [0.29, 0.717) is 13.1 Å². The highest BCUT2D eigenvalue weighted by Crippen LogP contribution is 2.33. The van der Waals surface area contributed by atoms with E-state index >= 15 is 0 Å². The lowest BCUT2D eigenvalue weighted by atomic mass is 10.1. The average molecular weight is 378 g/mol. The summed E-state index contributed by atoms with van der Waals surface area (Å²) in [5.41, 5.74) is 1.67. The van der Waals surface area contributed by atoms with E-state index in [9.17, 15) is 8.42 Å². The first-order valence-corrected chi connectivity index (χ1v) is 9.64. The first kappa shape index (κ1) is 16.3. The molecule has 0 amide bonds. The molecule has 25 heavy (non-hydrogen) atoms. The van der Waals surface area contributed by atoms with Crippen molar-refractivity contribution in [3.8, 4) is 11.1 Å². The fourth-order valence-electron chi connectivity index (χ4n) is 3.10. The van der Waals surface area contributed by atoms with Crippen LogP contribution in [0.5, 0.6) is 0 Å². The molecule has 3 aromatic rings. The molecule has 0 aliphatic carbocycles. The highest BCUT2D eigenvalue weighted by molar-refractivity contribution is 7.89. The van der Waals surface area contributed by atoms with Gasteiger partial charge in [0.25, 0.3) is 0 Å². The van der Waals surface area contributed by atoms with Gasteiger partial charge < -0.3 is 4.57 Å². The Bertz CT molecular complexity index is 970. The monoisotopic (exact) mass is 377 g/mol. The van der Waals surface area contributed by atoms with Crippen molar-refractivity contribution in [2.24, 2.45) is 0 Å². The molecule has 1 aromatic carbocycles. The maximum atomic E-state index is 13.0. The lowest BCUT2D eigenvalue weighted by molar-refractivity contribution is 0.452. The molecule has 0 spiro atoms. The van der Waals surface area contributed by atoms with E-state index in [4.69, 9.17) is 11.6 Å². The smallest absolute Gasteiger partial charge is 0.244 e. The van der Waals surface area contributed by atoms with Crippen molar-refractivity contribution in [3.63, 3.8) is 0 Å². The van der Waals surface area contributed by atoms with Crippen LogP contribution in [-0.4, -0.2) is 45.6 Å². The molecule has 0 radical (unpaired) electrons.